The van der Waals surface area contributed by atoms with Gasteiger partial charge in [0.05, 0.1) is 4.90 Å². The summed E-state index contributed by atoms with van der Waals surface area (Å²) in [4.78, 5) is 41.1. The van der Waals surface area contributed by atoms with Gasteiger partial charge in [-0.05, 0) is 49.2 Å². The number of hydrogen-bond acceptors (Lipinski definition) is 9. The number of nitrogens with zero attached hydrogens (tertiary/aromatic N) is 1. The maximum atomic E-state index is 13.8. The summed E-state index contributed by atoms with van der Waals surface area (Å²) >= 11 is 0. The van der Waals surface area contributed by atoms with Gasteiger partial charge in [0.25, 0.3) is 11.8 Å². The molecule has 0 saturated carbocycles. The second-order valence-electron chi connectivity index (χ2n) is 10.6. The van der Waals surface area contributed by atoms with Gasteiger partial charge in [-0.3, -0.25) is 14.5 Å². The molecule has 1 aliphatic heterocycles. The summed E-state index contributed by atoms with van der Waals surface area (Å²) in [6, 6.07) is 31.1. The molecule has 2 amide bonds. The molecule has 1 fully saturated rings. The smallest absolute Gasteiger partial charge is 0.359 e. The van der Waals surface area contributed by atoms with Gasteiger partial charge in [0, 0.05) is 10.8 Å². The first-order valence-electron chi connectivity index (χ1n) is 14.6. The van der Waals surface area contributed by atoms with Crippen molar-refractivity contribution in [2.75, 3.05) is 6.61 Å². The molecule has 0 bridgehead atoms. The molecule has 0 aliphatic carbocycles. The molecule has 242 valence electrons. The van der Waals surface area contributed by atoms with Gasteiger partial charge in [-0.1, -0.05) is 96.6 Å². The zero-order valence-corrected chi connectivity index (χ0v) is 27.1. The second-order valence-corrected chi connectivity index (χ2v) is 14.6. The van der Waals surface area contributed by atoms with Crippen molar-refractivity contribution in [1.82, 2.24) is 10.2 Å². The lowest BCUT2D eigenvalue weighted by Gasteiger charge is -2.46. The average molecular weight is 673 g/mol. The number of carbonyl (C=O) groups is 3. The van der Waals surface area contributed by atoms with Crippen molar-refractivity contribution in [3.05, 3.63) is 143 Å². The van der Waals surface area contributed by atoms with Crippen molar-refractivity contribution in [1.29, 1.82) is 0 Å². The number of ether oxygens (including phenoxy) is 2. The molecule has 4 aromatic rings. The fraction of sp³-hybridized carbons (Fsp3) is 0.171. The first kappa shape index (κ1) is 33.3. The van der Waals surface area contributed by atoms with Crippen LogP contribution < -0.4 is 10.1 Å². The van der Waals surface area contributed by atoms with Crippen LogP contribution in [-0.4, -0.2) is 54.2 Å². The zero-order valence-electron chi connectivity index (χ0n) is 25.5. The van der Waals surface area contributed by atoms with Gasteiger partial charge in [0.2, 0.25) is 8.87 Å². The van der Waals surface area contributed by atoms with Crippen LogP contribution in [0.5, 0.6) is 5.75 Å². The molecule has 0 radical (unpaired) electrons. The Balaban J connectivity index is 1.44. The van der Waals surface area contributed by atoms with Crippen molar-refractivity contribution in [2.24, 2.45) is 0 Å². The van der Waals surface area contributed by atoms with Gasteiger partial charge >= 0.3 is 5.97 Å². The number of para-hydroxylation sites is 1. The summed E-state index contributed by atoms with van der Waals surface area (Å²) < 4.78 is 38.5. The Bertz CT molecular complexity index is 1820. The van der Waals surface area contributed by atoms with Crippen LogP contribution >= 0.6 is 10.8 Å². The fourth-order valence-corrected chi connectivity index (χ4v) is 8.34. The lowest BCUT2D eigenvalue weighted by Crippen LogP contribution is -2.70. The van der Waals surface area contributed by atoms with Gasteiger partial charge in [-0.15, -0.1) is 0 Å². The summed E-state index contributed by atoms with van der Waals surface area (Å²) in [7, 11) is -3.76. The van der Waals surface area contributed by atoms with E-state index in [1.807, 2.05) is 19.1 Å². The van der Waals surface area contributed by atoms with Gasteiger partial charge in [-0.2, -0.15) is 0 Å². The number of aliphatic hydroxyl groups excluding tert-OH is 1. The minimum Gasteiger partial charge on any atom is -0.510 e. The number of rotatable bonds is 12. The summed E-state index contributed by atoms with van der Waals surface area (Å²) in [6.07, 6.45) is -0.913. The number of hydrogen-bond donors (Lipinski definition) is 2. The standard InChI is InChI=1S/C35H32N2O8S2/c1-23-18-20-28(21-19-23)47(42,43)46-34-30(36-29(39)22-44-27-16-10-5-11-17-27)33(40)37(34)31(24(2)38)35(41)45-32(25-12-6-3-7-13-25)26-14-8-4-9-15-26/h3-21,30,32,34,38H,22H2,1-2H3,(H,36,39)/b31-24+. The van der Waals surface area contributed by atoms with Crippen LogP contribution in [0.3, 0.4) is 0 Å². The van der Waals surface area contributed by atoms with E-state index < -0.39 is 62.2 Å². The average Bonchev–Trinajstić information content (AvgIpc) is 3.08. The van der Waals surface area contributed by atoms with Gasteiger partial charge in [0.1, 0.15) is 22.9 Å². The van der Waals surface area contributed by atoms with E-state index in [4.69, 9.17) is 9.47 Å². The van der Waals surface area contributed by atoms with E-state index in [-0.39, 0.29) is 4.90 Å². The van der Waals surface area contributed by atoms with E-state index in [0.717, 1.165) is 10.5 Å². The molecule has 47 heavy (non-hydrogen) atoms. The van der Waals surface area contributed by atoms with Crippen LogP contribution in [-0.2, 0) is 28.0 Å². The van der Waals surface area contributed by atoms with Crippen LogP contribution in [0, 0.1) is 6.92 Å². The summed E-state index contributed by atoms with van der Waals surface area (Å²) in [5.74, 6) is -2.71. The molecular weight excluding hydrogens is 641 g/mol. The van der Waals surface area contributed by atoms with Crippen molar-refractivity contribution >= 4 is 37.4 Å². The third-order valence-corrected chi connectivity index (χ3v) is 10.9. The van der Waals surface area contributed by atoms with E-state index in [0.29, 0.717) is 27.7 Å². The quantitative estimate of drug-likeness (QED) is 0.0678. The van der Waals surface area contributed by atoms with Crippen molar-refractivity contribution < 1.29 is 37.4 Å². The molecule has 2 N–H and O–H groups in total. The Morgan fingerprint density at radius 3 is 1.94 bits per heavy atom. The van der Waals surface area contributed by atoms with Gasteiger partial charge in [-0.25, -0.2) is 13.2 Å². The number of esters is 1. The zero-order chi connectivity index (χ0) is 33.6. The molecule has 4 aromatic carbocycles. The van der Waals surface area contributed by atoms with Crippen molar-refractivity contribution in [3.8, 4) is 5.75 Å². The van der Waals surface area contributed by atoms with Crippen LogP contribution in [0.4, 0.5) is 0 Å². The number of likely N-dealkylation sites (tertiary alicyclic amines) is 1. The molecule has 0 spiro atoms. The largest absolute Gasteiger partial charge is 0.510 e. The molecule has 1 heterocycles. The van der Waals surface area contributed by atoms with Crippen LogP contribution in [0.15, 0.2) is 132 Å². The molecule has 1 saturated heterocycles. The number of amides is 2. The Kier molecular flexibility index (Phi) is 10.3. The third kappa shape index (κ3) is 7.84. The second kappa shape index (κ2) is 14.6. The van der Waals surface area contributed by atoms with Crippen molar-refractivity contribution in [2.45, 2.75) is 36.3 Å². The topological polar surface area (TPSA) is 139 Å². The highest BCUT2D eigenvalue weighted by Gasteiger charge is 2.55. The Morgan fingerprint density at radius 1 is 0.872 bits per heavy atom. The van der Waals surface area contributed by atoms with E-state index in [1.54, 1.807) is 91.0 Å². The number of aryl methyl sites for hydroxylation is 1. The van der Waals surface area contributed by atoms with E-state index in [2.05, 4.69) is 5.32 Å². The van der Waals surface area contributed by atoms with E-state index in [1.165, 1.54) is 19.1 Å². The summed E-state index contributed by atoms with van der Waals surface area (Å²) in [5.41, 5.74) is 1.56. The number of aliphatic hydroxyl groups is 1. The molecule has 10 nitrogen and oxygen atoms in total. The molecule has 2 atom stereocenters. The highest BCUT2D eigenvalue weighted by molar-refractivity contribution is 8.72. The lowest BCUT2D eigenvalue weighted by atomic mass is 10.0. The highest BCUT2D eigenvalue weighted by atomic mass is 33.1. The minimum atomic E-state index is -4.13. The lowest BCUT2D eigenvalue weighted by molar-refractivity contribution is -0.155. The number of benzene rings is 4. The molecule has 0 aromatic heterocycles. The number of nitrogens with one attached hydrogen (secondary N) is 1. The maximum absolute atomic E-state index is 13.8. The number of β-lactam (4-membered cyclic amide) rings is 1. The number of allylic oxidation sites excluding steroid dienone is 1. The van der Waals surface area contributed by atoms with Crippen LogP contribution in [0.2, 0.25) is 0 Å². The first-order chi connectivity index (χ1) is 22.5. The van der Waals surface area contributed by atoms with Gasteiger partial charge < -0.3 is 19.9 Å². The predicted octanol–water partition coefficient (Wildman–Crippen LogP) is 5.27. The predicted molar refractivity (Wildman–Crippen MR) is 177 cm³/mol. The molecule has 12 heteroatoms. The summed E-state index contributed by atoms with van der Waals surface area (Å²) in [5, 5.41) is 11.9. The van der Waals surface area contributed by atoms with Gasteiger partial charge in [0.15, 0.2) is 18.4 Å². The van der Waals surface area contributed by atoms with Crippen LogP contribution in [0.25, 0.3) is 0 Å². The fourth-order valence-electron chi connectivity index (χ4n) is 4.87. The maximum Gasteiger partial charge on any atom is 0.359 e. The van der Waals surface area contributed by atoms with E-state index in [9.17, 15) is 27.9 Å². The third-order valence-electron chi connectivity index (χ3n) is 7.21. The minimum absolute atomic E-state index is 0.0352. The summed E-state index contributed by atoms with van der Waals surface area (Å²) in [6.45, 7) is 2.55. The van der Waals surface area contributed by atoms with E-state index >= 15 is 0 Å². The Morgan fingerprint density at radius 2 is 1.40 bits per heavy atom. The monoisotopic (exact) mass is 672 g/mol. The Hall–Kier alpha value is -5.07. The molecule has 5 rings (SSSR count). The first-order valence-corrected chi connectivity index (χ1v) is 17.4. The highest BCUT2D eigenvalue weighted by Crippen LogP contribution is 2.41. The SMILES string of the molecule is C/C(O)=C(/C(=O)OC(c1ccccc1)c1ccccc1)N1C(=O)C(NC(=O)COc2ccccc2)C1SS(=O)(=O)c1ccc(C)cc1. The molecule has 2 unspecified atom stereocenters. The van der Waals surface area contributed by atoms with Crippen molar-refractivity contribution in [3.63, 3.8) is 0 Å². The number of carbonyl (C=O) groups excluding carboxylic acids is 3. The van der Waals surface area contributed by atoms with Crippen LogP contribution in [0.1, 0.15) is 29.7 Å². The Labute approximate surface area is 276 Å². The molecular formula is C35H32N2O8S2. The normalized spacial score (nSPS) is 16.6. The molecule has 1 aliphatic rings.